The first kappa shape index (κ1) is 9.13. The van der Waals surface area contributed by atoms with Crippen LogP contribution in [0.3, 0.4) is 0 Å². The molecule has 14 heavy (non-hydrogen) atoms. The fourth-order valence-corrected chi connectivity index (χ4v) is 1.47. The third kappa shape index (κ3) is 1.90. The Labute approximate surface area is 84.0 Å². The summed E-state index contributed by atoms with van der Waals surface area (Å²) in [6, 6.07) is 8.08. The fourth-order valence-electron chi connectivity index (χ4n) is 1.47. The maximum atomic E-state index is 4.50. The van der Waals surface area contributed by atoms with Gasteiger partial charge in [-0.3, -0.25) is 0 Å². The van der Waals surface area contributed by atoms with Gasteiger partial charge in [0, 0.05) is 18.0 Å². The van der Waals surface area contributed by atoms with Gasteiger partial charge in [-0.25, -0.2) is 9.97 Å². The van der Waals surface area contributed by atoms with Crippen LogP contribution in [-0.2, 0) is 6.42 Å². The van der Waals surface area contributed by atoms with E-state index < -0.39 is 0 Å². The Morgan fingerprint density at radius 3 is 2.79 bits per heavy atom. The summed E-state index contributed by atoms with van der Waals surface area (Å²) in [7, 11) is 0. The average molecular weight is 186 g/mol. The molecule has 1 aromatic heterocycles. The van der Waals surface area contributed by atoms with Crippen LogP contribution in [0.2, 0.25) is 0 Å². The summed E-state index contributed by atoms with van der Waals surface area (Å²) in [6.45, 7) is 4.36. The maximum Gasteiger partial charge on any atom is 0.129 e. The minimum atomic E-state index is 0.608. The van der Waals surface area contributed by atoms with Gasteiger partial charge >= 0.3 is 0 Å². The first-order valence-electron chi connectivity index (χ1n) is 4.96. The number of benzene rings is 1. The molecular weight excluding hydrogens is 172 g/mol. The van der Waals surface area contributed by atoms with Gasteiger partial charge in [-0.05, 0) is 12.0 Å². The highest BCUT2D eigenvalue weighted by molar-refractivity contribution is 5.77. The highest BCUT2D eigenvalue weighted by Crippen LogP contribution is 2.11. The summed E-state index contributed by atoms with van der Waals surface area (Å²) in [5.41, 5.74) is 1.04. The lowest BCUT2D eigenvalue weighted by Crippen LogP contribution is -2.00. The zero-order valence-corrected chi connectivity index (χ0v) is 8.57. The zero-order chi connectivity index (χ0) is 9.97. The van der Waals surface area contributed by atoms with Gasteiger partial charge < -0.3 is 0 Å². The number of aromatic nitrogens is 2. The summed E-state index contributed by atoms with van der Waals surface area (Å²) in [5.74, 6) is 1.55. The van der Waals surface area contributed by atoms with Crippen LogP contribution in [0.4, 0.5) is 0 Å². The van der Waals surface area contributed by atoms with E-state index in [9.17, 15) is 0 Å². The molecule has 72 valence electrons. The Hall–Kier alpha value is -1.44. The first-order chi connectivity index (χ1) is 6.75. The molecule has 1 aromatic carbocycles. The molecule has 0 unspecified atom stereocenters. The summed E-state index contributed by atoms with van der Waals surface area (Å²) in [6.07, 6.45) is 2.85. The van der Waals surface area contributed by atoms with Crippen molar-refractivity contribution >= 4 is 10.9 Å². The van der Waals surface area contributed by atoms with Crippen molar-refractivity contribution in [3.8, 4) is 0 Å². The molecule has 2 heteroatoms. The Morgan fingerprint density at radius 1 is 1.21 bits per heavy atom. The van der Waals surface area contributed by atoms with Crippen molar-refractivity contribution < 1.29 is 0 Å². The van der Waals surface area contributed by atoms with Crippen LogP contribution in [0.25, 0.3) is 10.9 Å². The number of hydrogen-bond donors (Lipinski definition) is 0. The van der Waals surface area contributed by atoms with Gasteiger partial charge in [0.15, 0.2) is 0 Å². The van der Waals surface area contributed by atoms with Crippen molar-refractivity contribution in [2.24, 2.45) is 5.92 Å². The van der Waals surface area contributed by atoms with Crippen molar-refractivity contribution in [1.82, 2.24) is 9.97 Å². The largest absolute Gasteiger partial charge is 0.241 e. The average Bonchev–Trinajstić information content (AvgIpc) is 2.17. The standard InChI is InChI=1S/C12H14N2/c1-9(2)7-12-13-8-10-5-3-4-6-11(10)14-12/h3-6,8-9H,7H2,1-2H3. The van der Waals surface area contributed by atoms with E-state index in [0.717, 1.165) is 23.1 Å². The maximum absolute atomic E-state index is 4.50. The van der Waals surface area contributed by atoms with E-state index in [4.69, 9.17) is 0 Å². The second-order valence-electron chi connectivity index (χ2n) is 3.94. The van der Waals surface area contributed by atoms with E-state index >= 15 is 0 Å². The molecule has 2 rings (SSSR count). The molecule has 0 aliphatic carbocycles. The van der Waals surface area contributed by atoms with Gasteiger partial charge in [-0.15, -0.1) is 0 Å². The molecule has 0 spiro atoms. The van der Waals surface area contributed by atoms with E-state index in [0.29, 0.717) is 5.92 Å². The molecular formula is C12H14N2. The van der Waals surface area contributed by atoms with Crippen molar-refractivity contribution in [2.45, 2.75) is 20.3 Å². The molecule has 0 saturated carbocycles. The van der Waals surface area contributed by atoms with E-state index in [2.05, 4.69) is 23.8 Å². The lowest BCUT2D eigenvalue weighted by atomic mass is 10.1. The highest BCUT2D eigenvalue weighted by atomic mass is 14.9. The van der Waals surface area contributed by atoms with E-state index in [1.54, 1.807) is 0 Å². The zero-order valence-electron chi connectivity index (χ0n) is 8.57. The number of fused-ring (bicyclic) bond motifs is 1. The minimum absolute atomic E-state index is 0.608. The van der Waals surface area contributed by atoms with Gasteiger partial charge in [-0.1, -0.05) is 32.0 Å². The molecule has 0 fully saturated rings. The molecule has 2 aromatic rings. The molecule has 0 aliphatic rings. The number of rotatable bonds is 2. The molecule has 0 saturated heterocycles. The monoisotopic (exact) mass is 186 g/mol. The normalized spacial score (nSPS) is 11.1. The molecule has 0 atom stereocenters. The van der Waals surface area contributed by atoms with Crippen molar-refractivity contribution in [1.29, 1.82) is 0 Å². The molecule has 0 radical (unpaired) electrons. The van der Waals surface area contributed by atoms with Gasteiger partial charge in [0.2, 0.25) is 0 Å². The number of nitrogens with zero attached hydrogens (tertiary/aromatic N) is 2. The van der Waals surface area contributed by atoms with Crippen LogP contribution < -0.4 is 0 Å². The smallest absolute Gasteiger partial charge is 0.129 e. The number of hydrogen-bond acceptors (Lipinski definition) is 2. The molecule has 0 bridgehead atoms. The minimum Gasteiger partial charge on any atom is -0.241 e. The van der Waals surface area contributed by atoms with E-state index in [1.807, 2.05) is 30.5 Å². The van der Waals surface area contributed by atoms with Gasteiger partial charge in [-0.2, -0.15) is 0 Å². The number of para-hydroxylation sites is 1. The second kappa shape index (κ2) is 3.74. The summed E-state index contributed by atoms with van der Waals surface area (Å²) in [5, 5.41) is 1.11. The highest BCUT2D eigenvalue weighted by Gasteiger charge is 2.01. The van der Waals surface area contributed by atoms with Crippen molar-refractivity contribution in [3.05, 3.63) is 36.3 Å². The quantitative estimate of drug-likeness (QED) is 0.720. The van der Waals surface area contributed by atoms with Crippen molar-refractivity contribution in [2.75, 3.05) is 0 Å². The second-order valence-corrected chi connectivity index (χ2v) is 3.94. The summed E-state index contributed by atoms with van der Waals surface area (Å²) < 4.78 is 0. The van der Waals surface area contributed by atoms with Crippen LogP contribution in [0.15, 0.2) is 30.5 Å². The first-order valence-corrected chi connectivity index (χ1v) is 4.96. The van der Waals surface area contributed by atoms with Crippen LogP contribution in [-0.4, -0.2) is 9.97 Å². The Bertz CT molecular complexity index is 435. The van der Waals surface area contributed by atoms with Crippen LogP contribution in [0.1, 0.15) is 19.7 Å². The molecule has 0 aliphatic heterocycles. The third-order valence-corrected chi connectivity index (χ3v) is 2.13. The van der Waals surface area contributed by atoms with E-state index in [-0.39, 0.29) is 0 Å². The Balaban J connectivity index is 2.41. The molecule has 1 heterocycles. The third-order valence-electron chi connectivity index (χ3n) is 2.13. The van der Waals surface area contributed by atoms with Gasteiger partial charge in [0.05, 0.1) is 5.52 Å². The van der Waals surface area contributed by atoms with Crippen molar-refractivity contribution in [3.63, 3.8) is 0 Å². The predicted octanol–water partition coefficient (Wildman–Crippen LogP) is 2.83. The summed E-state index contributed by atoms with van der Waals surface area (Å²) in [4.78, 5) is 8.84. The van der Waals surface area contributed by atoms with Gasteiger partial charge in [0.1, 0.15) is 5.82 Å². The Morgan fingerprint density at radius 2 is 2.00 bits per heavy atom. The van der Waals surface area contributed by atoms with E-state index in [1.165, 1.54) is 0 Å². The van der Waals surface area contributed by atoms with Crippen LogP contribution >= 0.6 is 0 Å². The molecule has 0 amide bonds. The van der Waals surface area contributed by atoms with Crippen LogP contribution in [0.5, 0.6) is 0 Å². The molecule has 2 nitrogen and oxygen atoms in total. The lowest BCUT2D eigenvalue weighted by Gasteiger charge is -2.03. The predicted molar refractivity (Wildman–Crippen MR) is 58.1 cm³/mol. The topological polar surface area (TPSA) is 25.8 Å². The van der Waals surface area contributed by atoms with Crippen LogP contribution in [0, 0.1) is 5.92 Å². The molecule has 0 N–H and O–H groups in total. The lowest BCUT2D eigenvalue weighted by molar-refractivity contribution is 0.623. The Kier molecular flexibility index (Phi) is 2.44. The SMILES string of the molecule is CC(C)Cc1ncc2ccccc2n1. The summed E-state index contributed by atoms with van der Waals surface area (Å²) >= 11 is 0. The fraction of sp³-hybridized carbons (Fsp3) is 0.333. The van der Waals surface area contributed by atoms with Gasteiger partial charge in [0.25, 0.3) is 0 Å².